The van der Waals surface area contributed by atoms with Crippen molar-refractivity contribution in [1.82, 2.24) is 4.72 Å². The van der Waals surface area contributed by atoms with Crippen LogP contribution in [0.1, 0.15) is 31.1 Å². The predicted octanol–water partition coefficient (Wildman–Crippen LogP) is 2.95. The summed E-state index contributed by atoms with van der Waals surface area (Å²) in [6, 6.07) is 9.87. The Morgan fingerprint density at radius 3 is 2.27 bits per heavy atom. The van der Waals surface area contributed by atoms with Gasteiger partial charge in [0.2, 0.25) is 10.0 Å². The number of hydrogen-bond acceptors (Lipinski definition) is 6. The van der Waals surface area contributed by atoms with Gasteiger partial charge in [0.1, 0.15) is 22.5 Å². The maximum atomic E-state index is 13.9. The second kappa shape index (κ2) is 10.3. The van der Waals surface area contributed by atoms with Crippen molar-refractivity contribution in [2.75, 3.05) is 13.2 Å². The van der Waals surface area contributed by atoms with Crippen LogP contribution in [0.15, 0.2) is 53.4 Å². The molecule has 0 bridgehead atoms. The molecule has 0 saturated heterocycles. The number of halogens is 1. The molecule has 0 amide bonds. The van der Waals surface area contributed by atoms with E-state index < -0.39 is 51.1 Å². The lowest BCUT2D eigenvalue weighted by Crippen LogP contribution is -2.45. The SMILES string of the molecule is CCOc1ccc(C(=O)COC(=O)[C@@H](NS(=O)(=O)c2ccccc2F)C(C)C)cc1. The molecule has 0 radical (unpaired) electrons. The summed E-state index contributed by atoms with van der Waals surface area (Å²) in [6.45, 7) is 4.97. The number of carbonyl (C=O) groups is 2. The van der Waals surface area contributed by atoms with E-state index in [2.05, 4.69) is 4.72 Å². The minimum atomic E-state index is -4.31. The maximum absolute atomic E-state index is 13.9. The molecule has 2 rings (SSSR count). The number of nitrogens with one attached hydrogen (secondary N) is 1. The third-order valence-electron chi connectivity index (χ3n) is 4.16. The number of hydrogen-bond donors (Lipinski definition) is 1. The van der Waals surface area contributed by atoms with E-state index in [0.717, 1.165) is 12.1 Å². The fourth-order valence-corrected chi connectivity index (χ4v) is 3.98. The summed E-state index contributed by atoms with van der Waals surface area (Å²) in [5, 5.41) is 0. The second-order valence-electron chi connectivity index (χ2n) is 6.76. The highest BCUT2D eigenvalue weighted by molar-refractivity contribution is 7.89. The molecule has 30 heavy (non-hydrogen) atoms. The van der Waals surface area contributed by atoms with E-state index >= 15 is 0 Å². The van der Waals surface area contributed by atoms with Gasteiger partial charge in [-0.25, -0.2) is 12.8 Å². The van der Waals surface area contributed by atoms with E-state index in [-0.39, 0.29) is 0 Å². The molecule has 1 N–H and O–H groups in total. The largest absolute Gasteiger partial charge is 0.494 e. The normalized spacial score (nSPS) is 12.4. The third-order valence-corrected chi connectivity index (χ3v) is 5.64. The summed E-state index contributed by atoms with van der Waals surface area (Å²) in [4.78, 5) is 24.1. The monoisotopic (exact) mass is 437 g/mol. The molecule has 0 aromatic heterocycles. The first kappa shape index (κ1) is 23.5. The quantitative estimate of drug-likeness (QED) is 0.453. The van der Waals surface area contributed by atoms with Crippen LogP contribution in [-0.2, 0) is 19.6 Å². The number of rotatable bonds is 10. The van der Waals surface area contributed by atoms with Gasteiger partial charge in [0.15, 0.2) is 12.4 Å². The van der Waals surface area contributed by atoms with Gasteiger partial charge in [-0.1, -0.05) is 26.0 Å². The smallest absolute Gasteiger partial charge is 0.324 e. The Morgan fingerprint density at radius 1 is 1.07 bits per heavy atom. The number of ether oxygens (including phenoxy) is 2. The van der Waals surface area contributed by atoms with Crippen LogP contribution in [-0.4, -0.2) is 39.4 Å². The van der Waals surface area contributed by atoms with Crippen LogP contribution < -0.4 is 9.46 Å². The molecular formula is C21H24FNO6S. The van der Waals surface area contributed by atoms with Crippen LogP contribution in [0.2, 0.25) is 0 Å². The van der Waals surface area contributed by atoms with Gasteiger partial charge in [0.25, 0.3) is 0 Å². The molecule has 0 aliphatic carbocycles. The highest BCUT2D eigenvalue weighted by atomic mass is 32.2. The molecule has 0 fully saturated rings. The van der Waals surface area contributed by atoms with E-state index in [9.17, 15) is 22.4 Å². The van der Waals surface area contributed by atoms with Crippen LogP contribution in [0.25, 0.3) is 0 Å². The first-order valence-electron chi connectivity index (χ1n) is 9.35. The number of carbonyl (C=O) groups excluding carboxylic acids is 2. The van der Waals surface area contributed by atoms with Gasteiger partial charge in [-0.2, -0.15) is 4.72 Å². The molecule has 0 aliphatic heterocycles. The van der Waals surface area contributed by atoms with Crippen molar-refractivity contribution in [2.24, 2.45) is 5.92 Å². The van der Waals surface area contributed by atoms with Gasteiger partial charge in [-0.05, 0) is 49.2 Å². The lowest BCUT2D eigenvalue weighted by molar-refractivity contribution is -0.145. The zero-order valence-electron chi connectivity index (χ0n) is 16.9. The van der Waals surface area contributed by atoms with E-state index in [1.165, 1.54) is 12.1 Å². The number of benzene rings is 2. The molecule has 0 saturated carbocycles. The number of esters is 1. The average molecular weight is 437 g/mol. The Morgan fingerprint density at radius 2 is 1.70 bits per heavy atom. The minimum absolute atomic E-state index is 0.319. The molecule has 0 unspecified atom stereocenters. The molecule has 9 heteroatoms. The van der Waals surface area contributed by atoms with Crippen molar-refractivity contribution in [3.8, 4) is 5.75 Å². The van der Waals surface area contributed by atoms with Crippen LogP contribution >= 0.6 is 0 Å². The van der Waals surface area contributed by atoms with Gasteiger partial charge in [-0.15, -0.1) is 0 Å². The lowest BCUT2D eigenvalue weighted by Gasteiger charge is -2.20. The fourth-order valence-electron chi connectivity index (χ4n) is 2.56. The summed E-state index contributed by atoms with van der Waals surface area (Å²) < 4.78 is 51.3. The number of ketones is 1. The van der Waals surface area contributed by atoms with Gasteiger partial charge >= 0.3 is 5.97 Å². The molecule has 0 aliphatic rings. The van der Waals surface area contributed by atoms with Gasteiger partial charge in [-0.3, -0.25) is 9.59 Å². The highest BCUT2D eigenvalue weighted by Gasteiger charge is 2.31. The Bertz CT molecular complexity index is 989. The number of Topliss-reactive ketones (excluding diaryl/α,β-unsaturated/α-hetero) is 1. The van der Waals surface area contributed by atoms with Gasteiger partial charge in [0, 0.05) is 5.56 Å². The van der Waals surface area contributed by atoms with Gasteiger partial charge in [0.05, 0.1) is 6.61 Å². The Kier molecular flexibility index (Phi) is 8.08. The van der Waals surface area contributed by atoms with E-state index in [0.29, 0.717) is 17.9 Å². The van der Waals surface area contributed by atoms with Crippen molar-refractivity contribution in [2.45, 2.75) is 31.7 Å². The van der Waals surface area contributed by atoms with E-state index in [1.54, 1.807) is 38.1 Å². The molecule has 0 spiro atoms. The summed E-state index contributed by atoms with van der Waals surface area (Å²) >= 11 is 0. The van der Waals surface area contributed by atoms with Crippen molar-refractivity contribution < 1.29 is 31.9 Å². The molecular weight excluding hydrogens is 413 g/mol. The van der Waals surface area contributed by atoms with Gasteiger partial charge < -0.3 is 9.47 Å². The predicted molar refractivity (Wildman–Crippen MR) is 108 cm³/mol. The van der Waals surface area contributed by atoms with Crippen LogP contribution in [0.4, 0.5) is 4.39 Å². The summed E-state index contributed by atoms with van der Waals surface area (Å²) in [5.74, 6) is -2.21. The van der Waals surface area contributed by atoms with E-state index in [1.807, 2.05) is 6.92 Å². The zero-order valence-corrected chi connectivity index (χ0v) is 17.7. The average Bonchev–Trinajstić information content (AvgIpc) is 2.71. The molecule has 7 nitrogen and oxygen atoms in total. The Labute approximate surface area is 175 Å². The van der Waals surface area contributed by atoms with Crippen molar-refractivity contribution >= 4 is 21.8 Å². The summed E-state index contributed by atoms with van der Waals surface area (Å²) in [5.41, 5.74) is 0.319. The molecule has 2 aromatic rings. The van der Waals surface area contributed by atoms with Crippen LogP contribution in [0.3, 0.4) is 0 Å². The first-order valence-corrected chi connectivity index (χ1v) is 10.8. The summed E-state index contributed by atoms with van der Waals surface area (Å²) in [6.07, 6.45) is 0. The van der Waals surface area contributed by atoms with E-state index in [4.69, 9.17) is 9.47 Å². The summed E-state index contributed by atoms with van der Waals surface area (Å²) in [7, 11) is -4.31. The zero-order chi connectivity index (χ0) is 22.3. The topological polar surface area (TPSA) is 98.8 Å². The lowest BCUT2D eigenvalue weighted by atomic mass is 10.1. The minimum Gasteiger partial charge on any atom is -0.494 e. The van der Waals surface area contributed by atoms with Crippen molar-refractivity contribution in [3.63, 3.8) is 0 Å². The Hall–Kier alpha value is -2.78. The standard InChI is InChI=1S/C21H24FNO6S/c1-4-28-16-11-9-15(10-12-16)18(24)13-29-21(25)20(14(2)3)23-30(26,27)19-8-6-5-7-17(19)22/h5-12,14,20,23H,4,13H2,1-3H3/t20-/m0/s1. The van der Waals surface area contributed by atoms with Crippen LogP contribution in [0, 0.1) is 11.7 Å². The molecule has 1 atom stereocenters. The second-order valence-corrected chi connectivity index (χ2v) is 8.44. The fraction of sp³-hybridized carbons (Fsp3) is 0.333. The third kappa shape index (κ3) is 6.11. The molecule has 2 aromatic carbocycles. The molecule has 162 valence electrons. The maximum Gasteiger partial charge on any atom is 0.324 e. The molecule has 0 heterocycles. The first-order chi connectivity index (χ1) is 14.2. The highest BCUT2D eigenvalue weighted by Crippen LogP contribution is 2.17. The Balaban J connectivity index is 2.05. The van der Waals surface area contributed by atoms with Crippen molar-refractivity contribution in [1.29, 1.82) is 0 Å². The van der Waals surface area contributed by atoms with Crippen LogP contribution in [0.5, 0.6) is 5.75 Å². The number of sulfonamides is 1. The van der Waals surface area contributed by atoms with Crippen molar-refractivity contribution in [3.05, 3.63) is 59.9 Å².